The topological polar surface area (TPSA) is 135 Å². The number of nitrogens with one attached hydrogen (secondary N) is 2. The summed E-state index contributed by atoms with van der Waals surface area (Å²) in [7, 11) is -8.01. The molecule has 1 aromatic heterocycles. The Morgan fingerprint density at radius 1 is 0.971 bits per heavy atom. The van der Waals surface area contributed by atoms with Crippen molar-refractivity contribution in [3.63, 3.8) is 0 Å². The normalized spacial score (nSPS) is 12.9. The van der Waals surface area contributed by atoms with Crippen molar-refractivity contribution < 1.29 is 21.6 Å². The molecule has 0 saturated heterocycles. The quantitative estimate of drug-likeness (QED) is 0.331. The van der Waals surface area contributed by atoms with Gasteiger partial charge in [-0.25, -0.2) is 16.8 Å². The second-order valence-electron chi connectivity index (χ2n) is 7.73. The first-order chi connectivity index (χ1) is 16.1. The number of carbonyl (C=O) groups excluding carboxylic acids is 1. The molecule has 0 bridgehead atoms. The summed E-state index contributed by atoms with van der Waals surface area (Å²) in [5.74, 6) is -0.502. The summed E-state index contributed by atoms with van der Waals surface area (Å²) >= 11 is 0.784. The van der Waals surface area contributed by atoms with E-state index in [1.165, 1.54) is 17.5 Å². The first-order valence-corrected chi connectivity index (χ1v) is 14.5. The van der Waals surface area contributed by atoms with Crippen molar-refractivity contribution in [3.05, 3.63) is 71.6 Å². The minimum atomic E-state index is -4.15. The van der Waals surface area contributed by atoms with Gasteiger partial charge in [-0.3, -0.25) is 4.79 Å². The van der Waals surface area contributed by atoms with Gasteiger partial charge in [0.25, 0.3) is 10.0 Å². The smallest absolute Gasteiger partial charge is 0.250 e. The van der Waals surface area contributed by atoms with E-state index >= 15 is 0 Å². The highest BCUT2D eigenvalue weighted by Gasteiger charge is 2.29. The molecule has 1 atom stereocenters. The molecule has 0 spiro atoms. The summed E-state index contributed by atoms with van der Waals surface area (Å²) in [5.41, 5.74) is 7.12. The third-order valence-electron chi connectivity index (χ3n) is 5.06. The maximum atomic E-state index is 13.1. The van der Waals surface area contributed by atoms with Crippen molar-refractivity contribution in [1.82, 2.24) is 4.72 Å². The van der Waals surface area contributed by atoms with E-state index in [1.807, 2.05) is 19.1 Å². The minimum absolute atomic E-state index is 0.0712. The predicted molar refractivity (Wildman–Crippen MR) is 133 cm³/mol. The van der Waals surface area contributed by atoms with E-state index in [1.54, 1.807) is 30.3 Å². The average Bonchev–Trinajstić information content (AvgIpc) is 3.33. The van der Waals surface area contributed by atoms with Gasteiger partial charge in [0.2, 0.25) is 15.7 Å². The average molecular weight is 522 g/mol. The van der Waals surface area contributed by atoms with Gasteiger partial charge in [0.1, 0.15) is 10.3 Å². The molecule has 0 aliphatic rings. The molecule has 11 heteroatoms. The lowest BCUT2D eigenvalue weighted by Crippen LogP contribution is -2.43. The lowest BCUT2D eigenvalue weighted by Gasteiger charge is -2.18. The Hall–Kier alpha value is -2.57. The fourth-order valence-corrected chi connectivity index (χ4v) is 7.32. The van der Waals surface area contributed by atoms with E-state index in [0.717, 1.165) is 23.0 Å². The second kappa shape index (κ2) is 11.2. The third-order valence-corrected chi connectivity index (χ3v) is 9.87. The molecular formula is C23H27N3O5S3. The molecule has 0 unspecified atom stereocenters. The highest BCUT2D eigenvalue weighted by Crippen LogP contribution is 2.28. The number of benzene rings is 2. The van der Waals surface area contributed by atoms with E-state index in [0.29, 0.717) is 25.1 Å². The number of hydrogen-bond donors (Lipinski definition) is 3. The van der Waals surface area contributed by atoms with Crippen LogP contribution in [0.3, 0.4) is 0 Å². The zero-order chi connectivity index (χ0) is 24.8. The van der Waals surface area contributed by atoms with Crippen LogP contribution in [0.5, 0.6) is 0 Å². The molecule has 8 nitrogen and oxygen atoms in total. The zero-order valence-corrected chi connectivity index (χ0v) is 21.0. The first-order valence-electron chi connectivity index (χ1n) is 10.6. The van der Waals surface area contributed by atoms with Crippen LogP contribution >= 0.6 is 11.3 Å². The van der Waals surface area contributed by atoms with Gasteiger partial charge >= 0.3 is 0 Å². The number of carbonyl (C=O) groups is 1. The van der Waals surface area contributed by atoms with Crippen LogP contribution < -0.4 is 15.8 Å². The Kier molecular flexibility index (Phi) is 8.61. The second-order valence-corrected chi connectivity index (χ2v) is 12.5. The molecule has 0 aliphatic carbocycles. The number of unbranched alkanes of at least 4 members (excludes halogenated alkanes) is 1. The molecule has 3 rings (SSSR count). The molecule has 0 radical (unpaired) electrons. The summed E-state index contributed by atoms with van der Waals surface area (Å²) in [6.07, 6.45) is 1.42. The monoisotopic (exact) mass is 521 g/mol. The van der Waals surface area contributed by atoms with Crippen molar-refractivity contribution in [1.29, 1.82) is 0 Å². The Morgan fingerprint density at radius 2 is 1.65 bits per heavy atom. The molecule has 0 saturated carbocycles. The van der Waals surface area contributed by atoms with E-state index in [2.05, 4.69) is 10.0 Å². The van der Waals surface area contributed by atoms with Crippen LogP contribution in [0.1, 0.15) is 24.8 Å². The van der Waals surface area contributed by atoms with Crippen LogP contribution in [-0.2, 0) is 24.7 Å². The summed E-state index contributed by atoms with van der Waals surface area (Å²) in [6.45, 7) is 2.34. The van der Waals surface area contributed by atoms with Crippen molar-refractivity contribution >= 4 is 42.8 Å². The number of aryl methyl sites for hydroxylation is 1. The van der Waals surface area contributed by atoms with E-state index in [-0.39, 0.29) is 20.4 Å². The maximum absolute atomic E-state index is 13.1. The van der Waals surface area contributed by atoms with Gasteiger partial charge in [-0.15, -0.1) is 11.3 Å². The summed E-state index contributed by atoms with van der Waals surface area (Å²) in [5, 5.41) is 4.02. The summed E-state index contributed by atoms with van der Waals surface area (Å²) < 4.78 is 54.0. The lowest BCUT2D eigenvalue weighted by molar-refractivity contribution is -0.117. The largest absolute Gasteiger partial charge is 0.330 e. The van der Waals surface area contributed by atoms with Crippen molar-refractivity contribution in [2.45, 2.75) is 46.2 Å². The van der Waals surface area contributed by atoms with Gasteiger partial charge in [-0.2, -0.15) is 4.72 Å². The summed E-state index contributed by atoms with van der Waals surface area (Å²) in [6, 6.07) is 15.0. The molecule has 0 aliphatic heterocycles. The van der Waals surface area contributed by atoms with Crippen molar-refractivity contribution in [2.24, 2.45) is 5.73 Å². The molecule has 1 heterocycles. The van der Waals surface area contributed by atoms with Gasteiger partial charge in [0.05, 0.1) is 9.79 Å². The van der Waals surface area contributed by atoms with Gasteiger partial charge < -0.3 is 11.1 Å². The number of amides is 1. The Morgan fingerprint density at radius 3 is 2.29 bits per heavy atom. The SMILES string of the molecule is Cc1ccc(NC(=O)[C@H](CCCCN)NS(=O)(=O)c2cc(S(=O)(=O)c3ccccc3)cs2)cc1. The predicted octanol–water partition coefficient (Wildman–Crippen LogP) is 3.30. The van der Waals surface area contributed by atoms with Gasteiger partial charge in [0, 0.05) is 11.1 Å². The minimum Gasteiger partial charge on any atom is -0.330 e. The highest BCUT2D eigenvalue weighted by atomic mass is 32.2. The van der Waals surface area contributed by atoms with E-state index < -0.39 is 31.8 Å². The number of sulfonamides is 1. The Labute approximate surface area is 204 Å². The Bertz CT molecular complexity index is 1320. The molecule has 2 aromatic carbocycles. The van der Waals surface area contributed by atoms with Crippen LogP contribution in [0.4, 0.5) is 5.69 Å². The molecule has 34 heavy (non-hydrogen) atoms. The maximum Gasteiger partial charge on any atom is 0.250 e. The number of thiophene rings is 1. The molecular weight excluding hydrogens is 494 g/mol. The molecule has 0 fully saturated rings. The summed E-state index contributed by atoms with van der Waals surface area (Å²) in [4.78, 5) is 12.8. The number of hydrogen-bond acceptors (Lipinski definition) is 7. The molecule has 1 amide bonds. The third kappa shape index (κ3) is 6.51. The first kappa shape index (κ1) is 26.0. The van der Waals surface area contributed by atoms with E-state index in [9.17, 15) is 21.6 Å². The van der Waals surface area contributed by atoms with Gasteiger partial charge in [-0.1, -0.05) is 42.3 Å². The number of sulfone groups is 1. The lowest BCUT2D eigenvalue weighted by atomic mass is 10.1. The van der Waals surface area contributed by atoms with Crippen LogP contribution in [0.25, 0.3) is 0 Å². The van der Waals surface area contributed by atoms with Gasteiger partial charge in [-0.05, 0) is 56.6 Å². The van der Waals surface area contributed by atoms with Crippen molar-refractivity contribution in [2.75, 3.05) is 11.9 Å². The van der Waals surface area contributed by atoms with Crippen LogP contribution in [0.15, 0.2) is 80.0 Å². The van der Waals surface area contributed by atoms with Crippen LogP contribution in [0.2, 0.25) is 0 Å². The van der Waals surface area contributed by atoms with E-state index in [4.69, 9.17) is 5.73 Å². The standard InChI is InChI=1S/C23H27N3O5S3/c1-17-10-12-18(13-11-17)25-23(27)21(9-5-6-14-24)26-34(30,31)22-15-20(16-32-22)33(28,29)19-7-3-2-4-8-19/h2-4,7-8,10-13,15-16,21,26H,5-6,9,14,24H2,1H3,(H,25,27)/t21-/m0/s1. The molecule has 3 aromatic rings. The number of anilines is 1. The fraction of sp³-hybridized carbons (Fsp3) is 0.261. The molecule has 4 N–H and O–H groups in total. The number of nitrogens with two attached hydrogens (primary N) is 1. The fourth-order valence-electron chi connectivity index (χ4n) is 3.17. The van der Waals surface area contributed by atoms with Crippen molar-refractivity contribution in [3.8, 4) is 0 Å². The van der Waals surface area contributed by atoms with Gasteiger partial charge in [0.15, 0.2) is 0 Å². The van der Waals surface area contributed by atoms with Crippen LogP contribution in [0, 0.1) is 6.92 Å². The van der Waals surface area contributed by atoms with Crippen LogP contribution in [-0.4, -0.2) is 35.3 Å². The zero-order valence-electron chi connectivity index (χ0n) is 18.6. The highest BCUT2D eigenvalue weighted by molar-refractivity contribution is 7.93. The molecule has 182 valence electrons. The number of rotatable bonds is 11. The Balaban J connectivity index is 1.81.